The van der Waals surface area contributed by atoms with Gasteiger partial charge < -0.3 is 14.4 Å². The highest BCUT2D eigenvalue weighted by Gasteiger charge is 2.36. The molecule has 0 spiro atoms. The summed E-state index contributed by atoms with van der Waals surface area (Å²) in [5.74, 6) is -1.45. The van der Waals surface area contributed by atoms with Gasteiger partial charge in [0.05, 0.1) is 18.6 Å². The van der Waals surface area contributed by atoms with Crippen LogP contribution in [0.2, 0.25) is 0 Å². The number of benzene rings is 2. The SMILES string of the molecule is COC(=O)c1cccc(COC(=O)[C@H]2CC(=O)N(c3ccccc3)C2)c1. The van der Waals surface area contributed by atoms with Crippen molar-refractivity contribution in [1.29, 1.82) is 0 Å². The van der Waals surface area contributed by atoms with Gasteiger partial charge in [-0.1, -0.05) is 30.3 Å². The van der Waals surface area contributed by atoms with Crippen molar-refractivity contribution >= 4 is 23.5 Å². The monoisotopic (exact) mass is 353 g/mol. The van der Waals surface area contributed by atoms with Gasteiger partial charge in [-0.2, -0.15) is 0 Å². The molecule has 1 heterocycles. The molecule has 26 heavy (non-hydrogen) atoms. The van der Waals surface area contributed by atoms with Crippen molar-refractivity contribution in [3.8, 4) is 0 Å². The average molecular weight is 353 g/mol. The van der Waals surface area contributed by atoms with Gasteiger partial charge in [0, 0.05) is 18.7 Å². The molecule has 1 aliphatic rings. The smallest absolute Gasteiger partial charge is 0.337 e. The number of methoxy groups -OCH3 is 1. The van der Waals surface area contributed by atoms with Crippen molar-refractivity contribution in [2.24, 2.45) is 5.92 Å². The van der Waals surface area contributed by atoms with E-state index >= 15 is 0 Å². The standard InChI is InChI=1S/C20H19NO5/c1-25-19(23)15-7-5-6-14(10-15)13-26-20(24)16-11-18(22)21(12-16)17-8-3-2-4-9-17/h2-10,16H,11-13H2,1H3/t16-/m0/s1. The van der Waals surface area contributed by atoms with Gasteiger partial charge in [-0.25, -0.2) is 4.79 Å². The molecular weight excluding hydrogens is 334 g/mol. The number of amides is 1. The minimum absolute atomic E-state index is 0.0414. The topological polar surface area (TPSA) is 72.9 Å². The zero-order chi connectivity index (χ0) is 18.5. The number of carbonyl (C=O) groups excluding carboxylic acids is 3. The summed E-state index contributed by atoms with van der Waals surface area (Å²) in [6, 6.07) is 16.0. The molecule has 0 aromatic heterocycles. The first kappa shape index (κ1) is 17.7. The maximum atomic E-state index is 12.3. The third-order valence-corrected chi connectivity index (χ3v) is 4.26. The first-order valence-electron chi connectivity index (χ1n) is 8.28. The van der Waals surface area contributed by atoms with E-state index in [1.165, 1.54) is 7.11 Å². The number of rotatable bonds is 5. The lowest BCUT2D eigenvalue weighted by molar-refractivity contribution is -0.149. The highest BCUT2D eigenvalue weighted by molar-refractivity contribution is 5.99. The van der Waals surface area contributed by atoms with E-state index in [2.05, 4.69) is 4.74 Å². The zero-order valence-electron chi connectivity index (χ0n) is 14.4. The quantitative estimate of drug-likeness (QED) is 0.773. The molecule has 6 nitrogen and oxygen atoms in total. The number of nitrogens with zero attached hydrogens (tertiary/aromatic N) is 1. The maximum Gasteiger partial charge on any atom is 0.337 e. The summed E-state index contributed by atoms with van der Waals surface area (Å²) in [6.45, 7) is 0.351. The lowest BCUT2D eigenvalue weighted by Crippen LogP contribution is -2.26. The lowest BCUT2D eigenvalue weighted by Gasteiger charge is -2.16. The third kappa shape index (κ3) is 3.91. The molecule has 0 aliphatic carbocycles. The Hall–Kier alpha value is -3.15. The van der Waals surface area contributed by atoms with Crippen LogP contribution in [0.5, 0.6) is 0 Å². The molecule has 1 saturated heterocycles. The summed E-state index contributed by atoms with van der Waals surface area (Å²) in [5, 5.41) is 0. The second-order valence-electron chi connectivity index (χ2n) is 6.04. The van der Waals surface area contributed by atoms with Crippen molar-refractivity contribution in [2.45, 2.75) is 13.0 Å². The van der Waals surface area contributed by atoms with E-state index in [-0.39, 0.29) is 18.9 Å². The molecule has 1 aliphatic heterocycles. The second kappa shape index (κ2) is 7.82. The number of hydrogen-bond acceptors (Lipinski definition) is 5. The van der Waals surface area contributed by atoms with Crippen molar-refractivity contribution in [1.82, 2.24) is 0 Å². The molecule has 0 radical (unpaired) electrons. The fourth-order valence-corrected chi connectivity index (χ4v) is 2.90. The van der Waals surface area contributed by atoms with Gasteiger partial charge >= 0.3 is 11.9 Å². The Balaban J connectivity index is 1.59. The summed E-state index contributed by atoms with van der Waals surface area (Å²) >= 11 is 0. The van der Waals surface area contributed by atoms with E-state index in [0.717, 1.165) is 5.69 Å². The molecule has 1 atom stereocenters. The molecule has 2 aromatic carbocycles. The summed E-state index contributed by atoms with van der Waals surface area (Å²) in [4.78, 5) is 37.7. The van der Waals surface area contributed by atoms with Crippen LogP contribution in [0.25, 0.3) is 0 Å². The number of carbonyl (C=O) groups is 3. The minimum atomic E-state index is -0.494. The van der Waals surface area contributed by atoms with Gasteiger partial charge in [0.15, 0.2) is 0 Å². The average Bonchev–Trinajstić information content (AvgIpc) is 3.08. The maximum absolute atomic E-state index is 12.3. The van der Waals surface area contributed by atoms with Gasteiger partial charge in [0.25, 0.3) is 0 Å². The van der Waals surface area contributed by atoms with E-state index in [1.54, 1.807) is 29.2 Å². The third-order valence-electron chi connectivity index (χ3n) is 4.26. The predicted octanol–water partition coefficient (Wildman–Crippen LogP) is 2.57. The van der Waals surface area contributed by atoms with E-state index in [4.69, 9.17) is 4.74 Å². The van der Waals surface area contributed by atoms with Crippen molar-refractivity contribution in [2.75, 3.05) is 18.6 Å². The summed E-state index contributed by atoms with van der Waals surface area (Å²) < 4.78 is 10.0. The molecule has 0 unspecified atom stereocenters. The normalized spacial score (nSPS) is 16.4. The number of para-hydroxylation sites is 1. The first-order chi connectivity index (χ1) is 12.6. The van der Waals surface area contributed by atoms with Crippen molar-refractivity contribution < 1.29 is 23.9 Å². The van der Waals surface area contributed by atoms with Crippen molar-refractivity contribution in [3.05, 3.63) is 65.7 Å². The highest BCUT2D eigenvalue weighted by Crippen LogP contribution is 2.25. The Labute approximate surface area is 151 Å². The van der Waals surface area contributed by atoms with Crippen LogP contribution in [-0.2, 0) is 25.7 Å². The van der Waals surface area contributed by atoms with Gasteiger partial charge in [0.1, 0.15) is 6.61 Å². The molecule has 2 aromatic rings. The fourth-order valence-electron chi connectivity index (χ4n) is 2.90. The zero-order valence-corrected chi connectivity index (χ0v) is 14.4. The molecule has 1 fully saturated rings. The summed E-state index contributed by atoms with van der Waals surface area (Å²) in [7, 11) is 1.31. The van der Waals surface area contributed by atoms with Crippen LogP contribution in [0.15, 0.2) is 54.6 Å². The van der Waals surface area contributed by atoms with E-state index in [9.17, 15) is 14.4 Å². The fraction of sp³-hybridized carbons (Fsp3) is 0.250. The molecule has 1 amide bonds. The van der Waals surface area contributed by atoms with Crippen LogP contribution in [0.3, 0.4) is 0 Å². The van der Waals surface area contributed by atoms with E-state index in [0.29, 0.717) is 17.7 Å². The molecule has 0 N–H and O–H groups in total. The largest absolute Gasteiger partial charge is 0.465 e. The Bertz CT molecular complexity index is 818. The van der Waals surface area contributed by atoms with Crippen LogP contribution < -0.4 is 4.90 Å². The Morgan fingerprint density at radius 2 is 1.88 bits per heavy atom. The van der Waals surface area contributed by atoms with Gasteiger partial charge in [-0.05, 0) is 29.8 Å². The molecular formula is C20H19NO5. The molecule has 0 saturated carbocycles. The van der Waals surface area contributed by atoms with Crippen LogP contribution in [0, 0.1) is 5.92 Å². The highest BCUT2D eigenvalue weighted by atomic mass is 16.5. The molecule has 134 valence electrons. The van der Waals surface area contributed by atoms with Crippen LogP contribution in [0.1, 0.15) is 22.3 Å². The molecule has 3 rings (SSSR count). The number of anilines is 1. The number of esters is 2. The summed E-state index contributed by atoms with van der Waals surface area (Å²) in [5.41, 5.74) is 1.86. The van der Waals surface area contributed by atoms with Gasteiger partial charge in [-0.15, -0.1) is 0 Å². The molecule has 0 bridgehead atoms. The van der Waals surface area contributed by atoms with Gasteiger partial charge in [0.2, 0.25) is 5.91 Å². The lowest BCUT2D eigenvalue weighted by atomic mass is 10.1. The van der Waals surface area contributed by atoms with Crippen LogP contribution in [-0.4, -0.2) is 31.5 Å². The Morgan fingerprint density at radius 3 is 2.62 bits per heavy atom. The Morgan fingerprint density at radius 1 is 1.12 bits per heavy atom. The Kier molecular flexibility index (Phi) is 5.31. The summed E-state index contributed by atoms with van der Waals surface area (Å²) in [6.07, 6.45) is 0.135. The first-order valence-corrected chi connectivity index (χ1v) is 8.28. The predicted molar refractivity (Wildman–Crippen MR) is 94.5 cm³/mol. The molecule has 6 heteroatoms. The number of ether oxygens (including phenoxy) is 2. The van der Waals surface area contributed by atoms with E-state index in [1.807, 2.05) is 30.3 Å². The number of hydrogen-bond donors (Lipinski definition) is 0. The van der Waals surface area contributed by atoms with Crippen LogP contribution in [0.4, 0.5) is 5.69 Å². The van der Waals surface area contributed by atoms with Crippen LogP contribution >= 0.6 is 0 Å². The van der Waals surface area contributed by atoms with Gasteiger partial charge in [-0.3, -0.25) is 9.59 Å². The van der Waals surface area contributed by atoms with Crippen molar-refractivity contribution in [3.63, 3.8) is 0 Å². The second-order valence-corrected chi connectivity index (χ2v) is 6.04. The minimum Gasteiger partial charge on any atom is -0.465 e. The van der Waals surface area contributed by atoms with E-state index < -0.39 is 17.9 Å².